The first kappa shape index (κ1) is 24.0. The Kier molecular flexibility index (Phi) is 18.5. The standard InChI is InChI=1S/C7H5O.C6H5.2C5H5.Zr/c8-6-7-4-2-1-3-5-7;1-2-4-6-5-3-1;2*1-2-4-5-3-1;/h1-5H;1-5H;2*1-5H;/q2*-1;;;+2. The first-order valence-corrected chi connectivity index (χ1v) is 7.61. The van der Waals surface area contributed by atoms with Crippen molar-refractivity contribution in [1.29, 1.82) is 0 Å². The molecule has 0 bridgehead atoms. The fraction of sp³-hybridized carbons (Fsp3) is 0. The van der Waals surface area contributed by atoms with Crippen LogP contribution in [0.3, 0.4) is 0 Å². The molecule has 2 saturated carbocycles. The molecule has 25 heavy (non-hydrogen) atoms. The predicted octanol–water partition coefficient (Wildman–Crippen LogP) is 4.67. The largest absolute Gasteiger partial charge is 2.00 e. The first-order valence-electron chi connectivity index (χ1n) is 7.61. The Bertz CT molecular complexity index is 424. The number of rotatable bonds is 1. The van der Waals surface area contributed by atoms with E-state index in [9.17, 15) is 4.79 Å². The van der Waals surface area contributed by atoms with Crippen LogP contribution in [-0.2, 0) is 31.0 Å². The average molecular weight is 404 g/mol. The van der Waals surface area contributed by atoms with Crippen molar-refractivity contribution < 1.29 is 31.0 Å². The molecule has 2 aliphatic carbocycles. The van der Waals surface area contributed by atoms with Gasteiger partial charge in [-0.25, -0.2) is 0 Å². The van der Waals surface area contributed by atoms with Gasteiger partial charge in [-0.05, 0) is 64.2 Å². The zero-order valence-corrected chi connectivity index (χ0v) is 16.4. The first-order chi connectivity index (χ1) is 11.9. The van der Waals surface area contributed by atoms with Crippen molar-refractivity contribution in [3.63, 3.8) is 0 Å². The molecular formula is C23H20OZr. The van der Waals surface area contributed by atoms with Crippen LogP contribution in [0, 0.1) is 70.3 Å². The van der Waals surface area contributed by atoms with Gasteiger partial charge in [0.05, 0.1) is 6.29 Å². The Balaban J connectivity index is 0.000000309. The molecule has 2 aromatic rings. The summed E-state index contributed by atoms with van der Waals surface area (Å²) < 4.78 is 0. The van der Waals surface area contributed by atoms with E-state index in [2.05, 4.69) is 6.07 Å². The summed E-state index contributed by atoms with van der Waals surface area (Å²) in [7, 11) is 0. The van der Waals surface area contributed by atoms with Gasteiger partial charge >= 0.3 is 26.2 Å². The van der Waals surface area contributed by atoms with Crippen LogP contribution in [-0.4, -0.2) is 6.29 Å². The van der Waals surface area contributed by atoms with Gasteiger partial charge in [0.2, 0.25) is 0 Å². The molecule has 1 nitrogen and oxygen atoms in total. The van der Waals surface area contributed by atoms with Crippen LogP contribution in [0.5, 0.6) is 0 Å². The third kappa shape index (κ3) is 16.2. The number of benzene rings is 2. The molecule has 0 unspecified atom stereocenters. The normalized spacial score (nSPS) is 14.2. The van der Waals surface area contributed by atoms with Gasteiger partial charge in [0.1, 0.15) is 0 Å². The summed E-state index contributed by atoms with van der Waals surface area (Å²) >= 11 is 0. The van der Waals surface area contributed by atoms with Crippen molar-refractivity contribution >= 4 is 6.29 Å². The quantitative estimate of drug-likeness (QED) is 0.632. The molecule has 0 amide bonds. The van der Waals surface area contributed by atoms with Crippen LogP contribution >= 0.6 is 0 Å². The number of hydrogen-bond acceptors (Lipinski definition) is 1. The third-order valence-corrected chi connectivity index (χ3v) is 2.61. The summed E-state index contributed by atoms with van der Waals surface area (Å²) in [6.45, 7) is 0. The molecular weight excluding hydrogens is 383 g/mol. The van der Waals surface area contributed by atoms with Crippen LogP contribution in [0.15, 0.2) is 60.7 Å². The Morgan fingerprint density at radius 2 is 0.920 bits per heavy atom. The minimum absolute atomic E-state index is 0. The van der Waals surface area contributed by atoms with E-state index >= 15 is 0 Å². The van der Waals surface area contributed by atoms with E-state index in [0.29, 0.717) is 5.56 Å². The molecule has 4 rings (SSSR count). The maximum atomic E-state index is 9.88. The molecule has 0 saturated heterocycles. The molecule has 2 aliphatic rings. The number of hydrogen-bond donors (Lipinski definition) is 0. The van der Waals surface area contributed by atoms with Crippen molar-refractivity contribution in [3.05, 3.63) is 137 Å². The predicted molar refractivity (Wildman–Crippen MR) is 99.5 cm³/mol. The molecule has 2 heteroatoms. The molecule has 0 aromatic heterocycles. The second-order valence-electron chi connectivity index (χ2n) is 4.47. The van der Waals surface area contributed by atoms with Gasteiger partial charge in [0.15, 0.2) is 0 Å². The third-order valence-electron chi connectivity index (χ3n) is 2.61. The molecule has 122 valence electrons. The summed E-state index contributed by atoms with van der Waals surface area (Å²) in [6, 6.07) is 21.4. The Labute approximate surface area is 173 Å². The van der Waals surface area contributed by atoms with E-state index in [1.165, 1.54) is 0 Å². The minimum atomic E-state index is 0. The maximum Gasteiger partial charge on any atom is 2.00 e. The fourth-order valence-corrected chi connectivity index (χ4v) is 1.49. The summed E-state index contributed by atoms with van der Waals surface area (Å²) in [5, 5.41) is 0. The molecule has 0 atom stereocenters. The minimum Gasteiger partial charge on any atom is -0.376 e. The molecule has 0 aliphatic heterocycles. The number of carbonyl (C=O) groups excluding carboxylic acids is 1. The summed E-state index contributed by atoms with van der Waals surface area (Å²) in [5.41, 5.74) is 0.604. The zero-order chi connectivity index (χ0) is 17.1. The van der Waals surface area contributed by atoms with Crippen LogP contribution in [0.1, 0.15) is 5.56 Å². The van der Waals surface area contributed by atoms with Crippen molar-refractivity contribution in [3.8, 4) is 0 Å². The molecule has 0 heterocycles. The molecule has 2 fully saturated rings. The SMILES string of the molecule is O=[C-]c1ccccc1.[CH]1[CH][CH][CH][CH]1.[CH]1[CH][CH][CH][CH]1.[Zr+2].[c-]1ccccc1. The molecule has 10 radical (unpaired) electrons. The Hall–Kier alpha value is -1.01. The van der Waals surface area contributed by atoms with Gasteiger partial charge in [-0.15, -0.1) is 12.1 Å². The van der Waals surface area contributed by atoms with Crippen molar-refractivity contribution in [1.82, 2.24) is 0 Å². The van der Waals surface area contributed by atoms with Crippen molar-refractivity contribution in [2.24, 2.45) is 0 Å². The van der Waals surface area contributed by atoms with Crippen molar-refractivity contribution in [2.45, 2.75) is 0 Å². The average Bonchev–Trinajstić information content (AvgIpc) is 3.42. The Morgan fingerprint density at radius 1 is 0.560 bits per heavy atom. The van der Waals surface area contributed by atoms with Gasteiger partial charge in [0.25, 0.3) is 0 Å². The van der Waals surface area contributed by atoms with Crippen molar-refractivity contribution in [2.75, 3.05) is 0 Å². The smallest absolute Gasteiger partial charge is 0.376 e. The molecule has 0 spiro atoms. The summed E-state index contributed by atoms with van der Waals surface area (Å²) in [4.78, 5) is 9.88. The second-order valence-corrected chi connectivity index (χ2v) is 4.47. The van der Waals surface area contributed by atoms with E-state index in [1.807, 2.05) is 101 Å². The monoisotopic (exact) mass is 402 g/mol. The van der Waals surface area contributed by atoms with Gasteiger partial charge in [-0.3, -0.25) is 0 Å². The second kappa shape index (κ2) is 19.3. The zero-order valence-electron chi connectivity index (χ0n) is 14.0. The van der Waals surface area contributed by atoms with E-state index in [-0.39, 0.29) is 26.2 Å². The van der Waals surface area contributed by atoms with Crippen LogP contribution in [0.25, 0.3) is 0 Å². The van der Waals surface area contributed by atoms with E-state index in [4.69, 9.17) is 0 Å². The van der Waals surface area contributed by atoms with Gasteiger partial charge in [-0.1, -0.05) is 6.07 Å². The van der Waals surface area contributed by atoms with Crippen LogP contribution in [0.2, 0.25) is 0 Å². The van der Waals surface area contributed by atoms with E-state index in [1.54, 1.807) is 30.6 Å². The van der Waals surface area contributed by atoms with Gasteiger partial charge in [-0.2, -0.15) is 54.1 Å². The maximum absolute atomic E-state index is 9.88. The van der Waals surface area contributed by atoms with E-state index < -0.39 is 0 Å². The topological polar surface area (TPSA) is 17.1 Å². The molecule has 0 N–H and O–H groups in total. The fourth-order valence-electron chi connectivity index (χ4n) is 1.49. The van der Waals surface area contributed by atoms with E-state index in [0.717, 1.165) is 0 Å². The van der Waals surface area contributed by atoms with Gasteiger partial charge in [0, 0.05) is 0 Å². The molecule has 2 aromatic carbocycles. The van der Waals surface area contributed by atoms with Crippen LogP contribution < -0.4 is 0 Å². The van der Waals surface area contributed by atoms with Crippen LogP contribution in [0.4, 0.5) is 0 Å². The Morgan fingerprint density at radius 3 is 1.12 bits per heavy atom. The van der Waals surface area contributed by atoms with Gasteiger partial charge < -0.3 is 4.79 Å². The summed E-state index contributed by atoms with van der Waals surface area (Å²) in [5.74, 6) is 0. The summed E-state index contributed by atoms with van der Waals surface area (Å²) in [6.07, 6.45) is 21.8.